The van der Waals surface area contributed by atoms with E-state index in [9.17, 15) is 9.59 Å². The normalized spacial score (nSPS) is 11.3. The quantitative estimate of drug-likeness (QED) is 0.106. The number of hydrazone groups is 1. The van der Waals surface area contributed by atoms with Gasteiger partial charge in [0.25, 0.3) is 5.91 Å². The third kappa shape index (κ3) is 6.84. The number of esters is 1. The molecule has 0 atom stereocenters. The zero-order valence-electron chi connectivity index (χ0n) is 20.4. The van der Waals surface area contributed by atoms with Gasteiger partial charge in [-0.25, -0.2) is 5.43 Å². The van der Waals surface area contributed by atoms with Gasteiger partial charge < -0.3 is 4.74 Å². The molecule has 4 aromatic rings. The van der Waals surface area contributed by atoms with E-state index in [0.29, 0.717) is 27.5 Å². The summed E-state index contributed by atoms with van der Waals surface area (Å²) in [5.41, 5.74) is 6.85. The van der Waals surface area contributed by atoms with E-state index in [-0.39, 0.29) is 17.6 Å². The van der Waals surface area contributed by atoms with E-state index >= 15 is 0 Å². The maximum absolute atomic E-state index is 12.6. The predicted octanol–water partition coefficient (Wildman–Crippen LogP) is 5.45. The number of halogens is 1. The molecule has 1 N–H and O–H groups in total. The lowest BCUT2D eigenvalue weighted by atomic mass is 10.1. The van der Waals surface area contributed by atoms with Gasteiger partial charge in [-0.15, -0.1) is 10.2 Å². The number of nitrogens with zero attached hydrogens (tertiary/aromatic N) is 4. The average Bonchev–Trinajstić information content (AvgIpc) is 3.31. The van der Waals surface area contributed by atoms with Crippen LogP contribution in [-0.2, 0) is 9.59 Å². The number of hydrogen-bond acceptors (Lipinski definition) is 7. The van der Waals surface area contributed by atoms with Crippen LogP contribution in [0.5, 0.6) is 5.75 Å². The highest BCUT2D eigenvalue weighted by molar-refractivity contribution is 7.99. The third-order valence-corrected chi connectivity index (χ3v) is 6.42. The fraction of sp³-hybridized carbons (Fsp3) is 0.148. The highest BCUT2D eigenvalue weighted by atomic mass is 35.5. The van der Waals surface area contributed by atoms with Crippen LogP contribution >= 0.6 is 23.4 Å². The lowest BCUT2D eigenvalue weighted by Gasteiger charge is -2.11. The van der Waals surface area contributed by atoms with Gasteiger partial charge in [-0.3, -0.25) is 14.2 Å². The van der Waals surface area contributed by atoms with Gasteiger partial charge in [0.1, 0.15) is 5.75 Å². The minimum Gasteiger partial charge on any atom is -0.427 e. The average molecular weight is 534 g/mol. The Bertz CT molecular complexity index is 1430. The van der Waals surface area contributed by atoms with Crippen LogP contribution in [0.3, 0.4) is 0 Å². The molecule has 10 heteroatoms. The molecule has 0 fully saturated rings. The summed E-state index contributed by atoms with van der Waals surface area (Å²) in [4.78, 5) is 23.6. The first-order valence-corrected chi connectivity index (χ1v) is 12.7. The number of nitrogens with one attached hydrogen (secondary N) is 1. The van der Waals surface area contributed by atoms with Gasteiger partial charge >= 0.3 is 5.97 Å². The molecule has 1 amide bonds. The van der Waals surface area contributed by atoms with Crippen LogP contribution in [0.4, 0.5) is 0 Å². The Morgan fingerprint density at radius 1 is 0.973 bits per heavy atom. The van der Waals surface area contributed by atoms with Crippen molar-refractivity contribution in [1.29, 1.82) is 0 Å². The second-order valence-corrected chi connectivity index (χ2v) is 9.50. The Morgan fingerprint density at radius 2 is 1.65 bits per heavy atom. The van der Waals surface area contributed by atoms with E-state index in [4.69, 9.17) is 16.3 Å². The molecule has 0 spiro atoms. The molecule has 1 aromatic heterocycles. The summed E-state index contributed by atoms with van der Waals surface area (Å²) < 4.78 is 6.95. The zero-order valence-corrected chi connectivity index (χ0v) is 22.0. The van der Waals surface area contributed by atoms with Gasteiger partial charge in [-0.1, -0.05) is 41.1 Å². The fourth-order valence-electron chi connectivity index (χ4n) is 3.38. The van der Waals surface area contributed by atoms with Crippen molar-refractivity contribution in [3.05, 3.63) is 88.9 Å². The molecule has 0 aliphatic heterocycles. The molecule has 0 bridgehead atoms. The molecule has 1 heterocycles. The van der Waals surface area contributed by atoms with Crippen molar-refractivity contribution in [2.24, 2.45) is 5.10 Å². The molecule has 0 radical (unpaired) electrons. The molecule has 0 unspecified atom stereocenters. The van der Waals surface area contributed by atoms with Crippen LogP contribution in [0.15, 0.2) is 83.1 Å². The number of hydrogen-bond donors (Lipinski definition) is 1. The van der Waals surface area contributed by atoms with Crippen molar-refractivity contribution in [3.8, 4) is 22.8 Å². The molecule has 3 aromatic carbocycles. The van der Waals surface area contributed by atoms with Gasteiger partial charge in [0.15, 0.2) is 11.0 Å². The number of aromatic nitrogens is 3. The maximum atomic E-state index is 12.6. The lowest BCUT2D eigenvalue weighted by molar-refractivity contribution is -0.131. The maximum Gasteiger partial charge on any atom is 0.308 e. The molecule has 188 valence electrons. The largest absolute Gasteiger partial charge is 0.427 e. The highest BCUT2D eigenvalue weighted by Crippen LogP contribution is 2.29. The van der Waals surface area contributed by atoms with Crippen LogP contribution < -0.4 is 10.2 Å². The van der Waals surface area contributed by atoms with E-state index in [2.05, 4.69) is 20.7 Å². The van der Waals surface area contributed by atoms with E-state index in [1.54, 1.807) is 43.3 Å². The molecule has 0 saturated heterocycles. The first-order chi connectivity index (χ1) is 17.8. The first-order valence-electron chi connectivity index (χ1n) is 11.3. The highest BCUT2D eigenvalue weighted by Gasteiger charge is 2.17. The first kappa shape index (κ1) is 26.1. The van der Waals surface area contributed by atoms with E-state index < -0.39 is 0 Å². The number of ether oxygens (including phenoxy) is 1. The second kappa shape index (κ2) is 11.9. The summed E-state index contributed by atoms with van der Waals surface area (Å²) in [6, 6.07) is 22.2. The van der Waals surface area contributed by atoms with Gasteiger partial charge in [0.05, 0.1) is 11.5 Å². The van der Waals surface area contributed by atoms with Crippen LogP contribution in [0.2, 0.25) is 5.02 Å². The molecule has 0 aliphatic rings. The lowest BCUT2D eigenvalue weighted by Crippen LogP contribution is -2.21. The Hall–Kier alpha value is -3.95. The summed E-state index contributed by atoms with van der Waals surface area (Å²) in [6.45, 7) is 5.14. The van der Waals surface area contributed by atoms with Crippen molar-refractivity contribution in [1.82, 2.24) is 20.2 Å². The van der Waals surface area contributed by atoms with Crippen LogP contribution in [-0.4, -0.2) is 38.1 Å². The van der Waals surface area contributed by atoms with E-state index in [1.807, 2.05) is 47.9 Å². The Morgan fingerprint density at radius 3 is 2.30 bits per heavy atom. The second-order valence-electron chi connectivity index (χ2n) is 8.12. The summed E-state index contributed by atoms with van der Waals surface area (Å²) >= 11 is 7.32. The Balaban J connectivity index is 1.47. The van der Waals surface area contributed by atoms with Gasteiger partial charge in [-0.2, -0.15) is 5.10 Å². The number of carbonyl (C=O) groups excluding carboxylic acids is 2. The summed E-state index contributed by atoms with van der Waals surface area (Å²) in [5.74, 6) is 0.510. The van der Waals surface area contributed by atoms with E-state index in [1.165, 1.54) is 18.7 Å². The topological polar surface area (TPSA) is 98.5 Å². The molecule has 0 saturated carbocycles. The molecule has 0 aliphatic carbocycles. The zero-order chi connectivity index (χ0) is 26.4. The minimum absolute atomic E-state index is 0.0901. The summed E-state index contributed by atoms with van der Waals surface area (Å²) in [6.07, 6.45) is 0. The van der Waals surface area contributed by atoms with Crippen molar-refractivity contribution in [2.45, 2.75) is 25.9 Å². The fourth-order valence-corrected chi connectivity index (χ4v) is 4.25. The molecular weight excluding hydrogens is 510 g/mol. The van der Waals surface area contributed by atoms with Crippen molar-refractivity contribution >= 4 is 41.0 Å². The summed E-state index contributed by atoms with van der Waals surface area (Å²) in [5, 5.41) is 14.1. The molecule has 4 rings (SSSR count). The predicted molar refractivity (Wildman–Crippen MR) is 145 cm³/mol. The monoisotopic (exact) mass is 533 g/mol. The summed E-state index contributed by atoms with van der Waals surface area (Å²) in [7, 11) is 0. The molecule has 8 nitrogen and oxygen atoms in total. The van der Waals surface area contributed by atoms with Gasteiger partial charge in [-0.05, 0) is 80.1 Å². The number of benzene rings is 3. The van der Waals surface area contributed by atoms with E-state index in [0.717, 1.165) is 22.4 Å². The van der Waals surface area contributed by atoms with Crippen molar-refractivity contribution in [2.75, 3.05) is 5.75 Å². The number of carbonyl (C=O) groups is 2. The number of amides is 1. The molecule has 37 heavy (non-hydrogen) atoms. The SMILES string of the molecule is CC(=O)Oc1ccc(C(C)=NNC(=O)CSc2nnc(-c3ccc(Cl)cc3)n2-c2ccc(C)cc2)cc1. The number of thioether (sulfide) groups is 1. The number of aryl methyl sites for hydroxylation is 1. The van der Waals surface area contributed by atoms with Crippen LogP contribution in [0, 0.1) is 6.92 Å². The van der Waals surface area contributed by atoms with Crippen LogP contribution in [0.1, 0.15) is 25.0 Å². The standard InChI is InChI=1S/C27H24ClN5O3S/c1-17-4-12-23(13-5-17)33-26(21-6-10-22(28)11-7-21)31-32-27(33)37-16-25(35)30-29-18(2)20-8-14-24(15-9-20)36-19(3)34/h4-15H,16H2,1-3H3,(H,30,35). The Kier molecular flexibility index (Phi) is 8.37. The smallest absolute Gasteiger partial charge is 0.308 e. The van der Waals surface area contributed by atoms with Gasteiger partial charge in [0.2, 0.25) is 0 Å². The molecular formula is C27H24ClN5O3S. The van der Waals surface area contributed by atoms with Crippen molar-refractivity contribution < 1.29 is 14.3 Å². The van der Waals surface area contributed by atoms with Crippen LogP contribution in [0.25, 0.3) is 17.1 Å². The Labute approximate surface area is 223 Å². The number of rotatable bonds is 8. The third-order valence-electron chi connectivity index (χ3n) is 5.24. The minimum atomic E-state index is -0.388. The van der Waals surface area contributed by atoms with Gasteiger partial charge in [0, 0.05) is 23.2 Å². The van der Waals surface area contributed by atoms with Crippen molar-refractivity contribution in [3.63, 3.8) is 0 Å².